The average molecular weight is 384 g/mol. The third kappa shape index (κ3) is 4.89. The van der Waals surface area contributed by atoms with Gasteiger partial charge in [-0.2, -0.15) is 14.9 Å². The van der Waals surface area contributed by atoms with Crippen LogP contribution in [0.5, 0.6) is 5.75 Å². The topological polar surface area (TPSA) is 55.2 Å². The number of aromatic nitrogens is 3. The lowest BCUT2D eigenvalue weighted by Gasteiger charge is -2.09. The molecular formula is C20H21FN4OS. The number of unbranched alkanes of at least 4 members (excludes halogenated alkanes) is 1. The Bertz CT molecular complexity index is 980. The molecule has 1 N–H and O–H groups in total. The Morgan fingerprint density at radius 3 is 2.81 bits per heavy atom. The SMILES string of the molecule is CCCCc1n[nH]c(=S)n1/N=C/c1ccccc1OCc1ccccc1F. The van der Waals surface area contributed by atoms with Crippen molar-refractivity contribution in [2.24, 2.45) is 5.10 Å². The van der Waals surface area contributed by atoms with Crippen molar-refractivity contribution in [1.29, 1.82) is 0 Å². The van der Waals surface area contributed by atoms with Gasteiger partial charge in [-0.15, -0.1) is 0 Å². The zero-order valence-electron chi connectivity index (χ0n) is 15.1. The van der Waals surface area contributed by atoms with Gasteiger partial charge in [-0.3, -0.25) is 5.10 Å². The van der Waals surface area contributed by atoms with Gasteiger partial charge in [-0.25, -0.2) is 4.39 Å². The van der Waals surface area contributed by atoms with E-state index < -0.39 is 0 Å². The van der Waals surface area contributed by atoms with Gasteiger partial charge in [0.25, 0.3) is 0 Å². The summed E-state index contributed by atoms with van der Waals surface area (Å²) in [5, 5.41) is 11.5. The van der Waals surface area contributed by atoms with E-state index in [4.69, 9.17) is 17.0 Å². The Morgan fingerprint density at radius 2 is 2.00 bits per heavy atom. The van der Waals surface area contributed by atoms with Crippen LogP contribution in [0.25, 0.3) is 0 Å². The van der Waals surface area contributed by atoms with Crippen LogP contribution in [-0.2, 0) is 13.0 Å². The zero-order chi connectivity index (χ0) is 19.1. The molecule has 0 aliphatic heterocycles. The molecule has 0 amide bonds. The molecule has 0 saturated carbocycles. The molecule has 27 heavy (non-hydrogen) atoms. The maximum Gasteiger partial charge on any atom is 0.216 e. The van der Waals surface area contributed by atoms with E-state index >= 15 is 0 Å². The van der Waals surface area contributed by atoms with Crippen molar-refractivity contribution < 1.29 is 9.13 Å². The first-order valence-corrected chi connectivity index (χ1v) is 9.25. The molecular weight excluding hydrogens is 363 g/mol. The number of rotatable bonds is 8. The lowest BCUT2D eigenvalue weighted by atomic mass is 10.2. The van der Waals surface area contributed by atoms with Gasteiger partial charge in [0.1, 0.15) is 18.2 Å². The summed E-state index contributed by atoms with van der Waals surface area (Å²) >= 11 is 5.26. The first kappa shape index (κ1) is 19.0. The van der Waals surface area contributed by atoms with Crippen molar-refractivity contribution in [3.63, 3.8) is 0 Å². The van der Waals surface area contributed by atoms with E-state index in [9.17, 15) is 4.39 Å². The number of H-pyrrole nitrogens is 1. The summed E-state index contributed by atoms with van der Waals surface area (Å²) in [4.78, 5) is 0. The largest absolute Gasteiger partial charge is 0.488 e. The Balaban J connectivity index is 1.78. The number of aromatic amines is 1. The van der Waals surface area contributed by atoms with Gasteiger partial charge in [0.2, 0.25) is 4.77 Å². The second-order valence-corrected chi connectivity index (χ2v) is 6.41. The number of nitrogens with zero attached hydrogens (tertiary/aromatic N) is 3. The number of para-hydroxylation sites is 1. The fraction of sp³-hybridized carbons (Fsp3) is 0.250. The second kappa shape index (κ2) is 9.23. The lowest BCUT2D eigenvalue weighted by molar-refractivity contribution is 0.299. The molecule has 0 radical (unpaired) electrons. The van der Waals surface area contributed by atoms with E-state index in [0.29, 0.717) is 16.1 Å². The standard InChI is InChI=1S/C20H21FN4OS/c1-2-3-12-19-23-24-20(27)25(19)22-13-15-8-5-7-11-18(15)26-14-16-9-4-6-10-17(16)21/h4-11,13H,2-3,12,14H2,1H3,(H,24,27)/b22-13+. The van der Waals surface area contributed by atoms with Gasteiger partial charge in [0.15, 0.2) is 5.82 Å². The molecule has 0 unspecified atom stereocenters. The summed E-state index contributed by atoms with van der Waals surface area (Å²) in [6.07, 6.45) is 4.55. The molecule has 1 aromatic heterocycles. The fourth-order valence-electron chi connectivity index (χ4n) is 2.55. The summed E-state index contributed by atoms with van der Waals surface area (Å²) in [6.45, 7) is 2.27. The number of ether oxygens (including phenoxy) is 1. The van der Waals surface area contributed by atoms with Gasteiger partial charge >= 0.3 is 0 Å². The lowest BCUT2D eigenvalue weighted by Crippen LogP contribution is -2.02. The van der Waals surface area contributed by atoms with E-state index in [0.717, 1.165) is 30.7 Å². The summed E-state index contributed by atoms with van der Waals surface area (Å²) in [5.41, 5.74) is 1.28. The minimum absolute atomic E-state index is 0.143. The van der Waals surface area contributed by atoms with E-state index in [1.807, 2.05) is 24.3 Å². The predicted molar refractivity (Wildman–Crippen MR) is 106 cm³/mol. The summed E-state index contributed by atoms with van der Waals surface area (Å²) in [5.74, 6) is 1.13. The molecule has 0 aliphatic rings. The smallest absolute Gasteiger partial charge is 0.216 e. The quantitative estimate of drug-likeness (QED) is 0.445. The normalized spacial score (nSPS) is 11.2. The molecule has 3 rings (SSSR count). The molecule has 140 valence electrons. The van der Waals surface area contributed by atoms with Crippen LogP contribution in [0.15, 0.2) is 53.6 Å². The van der Waals surface area contributed by atoms with Crippen molar-refractivity contribution >= 4 is 18.4 Å². The molecule has 0 bridgehead atoms. The Morgan fingerprint density at radius 1 is 1.22 bits per heavy atom. The monoisotopic (exact) mass is 384 g/mol. The van der Waals surface area contributed by atoms with Crippen LogP contribution in [0, 0.1) is 10.6 Å². The number of halogens is 1. The number of aryl methyl sites for hydroxylation is 1. The molecule has 0 fully saturated rings. The van der Waals surface area contributed by atoms with E-state index in [1.54, 1.807) is 29.1 Å². The van der Waals surface area contributed by atoms with E-state index in [-0.39, 0.29) is 12.4 Å². The van der Waals surface area contributed by atoms with Crippen molar-refractivity contribution in [3.8, 4) is 5.75 Å². The number of nitrogens with one attached hydrogen (secondary N) is 1. The molecule has 7 heteroatoms. The minimum atomic E-state index is -0.283. The van der Waals surface area contributed by atoms with Gasteiger partial charge in [-0.05, 0) is 36.8 Å². The van der Waals surface area contributed by atoms with Gasteiger partial charge in [0, 0.05) is 17.5 Å². The van der Waals surface area contributed by atoms with Crippen LogP contribution >= 0.6 is 12.2 Å². The first-order valence-electron chi connectivity index (χ1n) is 8.85. The maximum atomic E-state index is 13.8. The highest BCUT2D eigenvalue weighted by atomic mass is 32.1. The Kier molecular flexibility index (Phi) is 6.49. The Hall–Kier alpha value is -2.80. The predicted octanol–water partition coefficient (Wildman–Crippen LogP) is 4.88. The van der Waals surface area contributed by atoms with Crippen molar-refractivity contribution in [2.75, 3.05) is 0 Å². The van der Waals surface area contributed by atoms with Gasteiger partial charge < -0.3 is 4.74 Å². The molecule has 1 heterocycles. The van der Waals surface area contributed by atoms with E-state index in [1.165, 1.54) is 6.07 Å². The van der Waals surface area contributed by atoms with Crippen LogP contribution < -0.4 is 4.74 Å². The van der Waals surface area contributed by atoms with Gasteiger partial charge in [0.05, 0.1) is 6.21 Å². The fourth-order valence-corrected chi connectivity index (χ4v) is 2.75. The molecule has 0 saturated heterocycles. The molecule has 0 spiro atoms. The molecule has 5 nitrogen and oxygen atoms in total. The van der Waals surface area contributed by atoms with Crippen LogP contribution in [0.1, 0.15) is 36.7 Å². The van der Waals surface area contributed by atoms with Crippen molar-refractivity contribution in [3.05, 3.63) is 76.1 Å². The molecule has 0 atom stereocenters. The number of hydrogen-bond donors (Lipinski definition) is 1. The summed E-state index contributed by atoms with van der Waals surface area (Å²) in [7, 11) is 0. The highest BCUT2D eigenvalue weighted by Gasteiger charge is 2.07. The molecule has 0 aliphatic carbocycles. The third-order valence-electron chi connectivity index (χ3n) is 4.04. The zero-order valence-corrected chi connectivity index (χ0v) is 15.9. The second-order valence-electron chi connectivity index (χ2n) is 6.02. The van der Waals surface area contributed by atoms with Crippen LogP contribution in [0.4, 0.5) is 4.39 Å². The highest BCUT2D eigenvalue weighted by molar-refractivity contribution is 7.71. The minimum Gasteiger partial charge on any atom is -0.488 e. The van der Waals surface area contributed by atoms with Crippen LogP contribution in [0.3, 0.4) is 0 Å². The van der Waals surface area contributed by atoms with E-state index in [2.05, 4.69) is 22.2 Å². The van der Waals surface area contributed by atoms with Gasteiger partial charge in [-0.1, -0.05) is 43.7 Å². The number of hydrogen-bond acceptors (Lipinski definition) is 4. The van der Waals surface area contributed by atoms with Crippen LogP contribution in [-0.4, -0.2) is 21.1 Å². The summed E-state index contributed by atoms with van der Waals surface area (Å²) < 4.78 is 21.7. The number of benzene rings is 2. The van der Waals surface area contributed by atoms with Crippen molar-refractivity contribution in [1.82, 2.24) is 14.9 Å². The Labute approximate surface area is 162 Å². The molecule has 3 aromatic rings. The third-order valence-corrected chi connectivity index (χ3v) is 4.31. The van der Waals surface area contributed by atoms with Crippen molar-refractivity contribution in [2.45, 2.75) is 32.8 Å². The first-order chi connectivity index (χ1) is 13.2. The molecule has 2 aromatic carbocycles. The maximum absolute atomic E-state index is 13.8. The highest BCUT2D eigenvalue weighted by Crippen LogP contribution is 2.19. The average Bonchev–Trinajstić information content (AvgIpc) is 3.04. The van der Waals surface area contributed by atoms with Crippen LogP contribution in [0.2, 0.25) is 0 Å². The summed E-state index contributed by atoms with van der Waals surface area (Å²) in [6, 6.07) is 14.0.